The third kappa shape index (κ3) is 4.99. The second-order valence-corrected chi connectivity index (χ2v) is 7.25. The fourth-order valence-corrected chi connectivity index (χ4v) is 3.35. The van der Waals surface area contributed by atoms with Crippen molar-refractivity contribution in [2.45, 2.75) is 37.4 Å². The van der Waals surface area contributed by atoms with Gasteiger partial charge in [0.2, 0.25) is 5.91 Å². The molecule has 0 saturated carbocycles. The molecular formula is C20H24FN7O2. The van der Waals surface area contributed by atoms with E-state index in [1.165, 1.54) is 4.90 Å². The van der Waals surface area contributed by atoms with Crippen molar-refractivity contribution >= 4 is 11.8 Å². The highest BCUT2D eigenvalue weighted by Crippen LogP contribution is 2.26. The molecule has 158 valence electrons. The first-order valence-electron chi connectivity index (χ1n) is 9.82. The molecule has 1 aliphatic heterocycles. The Hall–Kier alpha value is -3.32. The predicted molar refractivity (Wildman–Crippen MR) is 106 cm³/mol. The third-order valence-electron chi connectivity index (χ3n) is 5.18. The lowest BCUT2D eigenvalue weighted by molar-refractivity contribution is -0.135. The van der Waals surface area contributed by atoms with Crippen molar-refractivity contribution in [1.82, 2.24) is 25.2 Å². The second-order valence-electron chi connectivity index (χ2n) is 7.25. The topological polar surface area (TPSA) is 130 Å². The van der Waals surface area contributed by atoms with Crippen LogP contribution in [0.2, 0.25) is 0 Å². The van der Waals surface area contributed by atoms with Crippen molar-refractivity contribution in [3.63, 3.8) is 0 Å². The van der Waals surface area contributed by atoms with Crippen LogP contribution in [0, 0.1) is 11.3 Å². The normalized spacial score (nSPS) is 16.5. The maximum Gasteiger partial charge on any atom is 0.251 e. The van der Waals surface area contributed by atoms with Gasteiger partial charge in [0.05, 0.1) is 18.1 Å². The first-order chi connectivity index (χ1) is 14.5. The number of nitrogens with zero attached hydrogens (tertiary/aromatic N) is 5. The number of benzene rings is 1. The number of piperidine rings is 1. The Morgan fingerprint density at radius 3 is 2.57 bits per heavy atom. The first-order valence-corrected chi connectivity index (χ1v) is 9.82. The molecule has 1 atom stereocenters. The predicted octanol–water partition coefficient (Wildman–Crippen LogP) is 0.959. The van der Waals surface area contributed by atoms with E-state index >= 15 is 0 Å². The van der Waals surface area contributed by atoms with E-state index in [4.69, 9.17) is 11.0 Å². The number of hydrogen-bond donors (Lipinski definition) is 2. The standard InChI is InChI=1S/C20H24FN7O2/c21-20(14-23)7-11-27(12-8-20)19(30)17(2-1-9-22)25-18(29)15-3-5-16(6-4-15)28-13-10-24-26-28/h3-6,10,13,17H,1-2,7-9,11-12,22H2,(H,25,29)/t17-/m0/s1. The molecule has 10 heteroatoms. The SMILES string of the molecule is N#CC1(F)CCN(C(=O)[C@H](CCCN)NC(=O)c2ccc(-n3ccnn3)cc2)CC1. The number of halogens is 1. The molecule has 9 nitrogen and oxygen atoms in total. The molecule has 0 unspecified atom stereocenters. The molecule has 0 aliphatic carbocycles. The van der Waals surface area contributed by atoms with Gasteiger partial charge < -0.3 is 16.0 Å². The van der Waals surface area contributed by atoms with Crippen molar-refractivity contribution in [2.24, 2.45) is 5.73 Å². The number of nitrogens with two attached hydrogens (primary N) is 1. The number of likely N-dealkylation sites (tertiary alicyclic amines) is 1. The average Bonchev–Trinajstić information content (AvgIpc) is 3.31. The van der Waals surface area contributed by atoms with Gasteiger partial charge in [-0.3, -0.25) is 9.59 Å². The first kappa shape index (κ1) is 21.4. The van der Waals surface area contributed by atoms with Crippen LogP contribution in [0.5, 0.6) is 0 Å². The van der Waals surface area contributed by atoms with E-state index < -0.39 is 11.7 Å². The molecule has 1 saturated heterocycles. The molecule has 2 amide bonds. The second kappa shape index (κ2) is 9.45. The fourth-order valence-electron chi connectivity index (χ4n) is 3.35. The highest BCUT2D eigenvalue weighted by Gasteiger charge is 2.37. The summed E-state index contributed by atoms with van der Waals surface area (Å²) in [5.74, 6) is -0.666. The number of nitriles is 1. The molecule has 30 heavy (non-hydrogen) atoms. The van der Waals surface area contributed by atoms with E-state index in [1.54, 1.807) is 47.4 Å². The molecule has 3 rings (SSSR count). The molecule has 2 aromatic rings. The minimum atomic E-state index is -1.89. The Balaban J connectivity index is 1.66. The minimum absolute atomic E-state index is 0.0312. The molecule has 1 fully saturated rings. The Labute approximate surface area is 173 Å². The summed E-state index contributed by atoms with van der Waals surface area (Å²) in [4.78, 5) is 27.1. The summed E-state index contributed by atoms with van der Waals surface area (Å²) >= 11 is 0. The number of carbonyl (C=O) groups excluding carboxylic acids is 2. The monoisotopic (exact) mass is 413 g/mol. The molecule has 0 bridgehead atoms. The number of aromatic nitrogens is 3. The van der Waals surface area contributed by atoms with E-state index in [1.807, 2.05) is 0 Å². The zero-order valence-corrected chi connectivity index (χ0v) is 16.5. The fraction of sp³-hybridized carbons (Fsp3) is 0.450. The van der Waals surface area contributed by atoms with Crippen molar-refractivity contribution in [1.29, 1.82) is 5.26 Å². The molecule has 0 spiro atoms. The van der Waals surface area contributed by atoms with Gasteiger partial charge in [-0.2, -0.15) is 5.26 Å². The summed E-state index contributed by atoms with van der Waals surface area (Å²) in [6.07, 6.45) is 4.12. The van der Waals surface area contributed by atoms with Crippen molar-refractivity contribution in [2.75, 3.05) is 19.6 Å². The Morgan fingerprint density at radius 1 is 1.30 bits per heavy atom. The van der Waals surface area contributed by atoms with Gasteiger partial charge in [-0.1, -0.05) is 5.21 Å². The largest absolute Gasteiger partial charge is 0.341 e. The van der Waals surface area contributed by atoms with E-state index in [-0.39, 0.29) is 37.7 Å². The highest BCUT2D eigenvalue weighted by molar-refractivity contribution is 5.97. The number of alkyl halides is 1. The van der Waals surface area contributed by atoms with E-state index in [2.05, 4.69) is 15.6 Å². The van der Waals surface area contributed by atoms with Gasteiger partial charge in [0.1, 0.15) is 12.1 Å². The Bertz CT molecular complexity index is 900. The van der Waals surface area contributed by atoms with Gasteiger partial charge in [0.25, 0.3) is 5.91 Å². The third-order valence-corrected chi connectivity index (χ3v) is 5.18. The lowest BCUT2D eigenvalue weighted by Crippen LogP contribution is -2.52. The molecule has 1 aromatic carbocycles. The average molecular weight is 413 g/mol. The van der Waals surface area contributed by atoms with Crippen LogP contribution in [0.3, 0.4) is 0 Å². The van der Waals surface area contributed by atoms with Crippen molar-refractivity contribution < 1.29 is 14.0 Å². The Kier molecular flexibility index (Phi) is 6.74. The van der Waals surface area contributed by atoms with Crippen LogP contribution < -0.4 is 11.1 Å². The molecule has 0 radical (unpaired) electrons. The summed E-state index contributed by atoms with van der Waals surface area (Å²) in [5, 5.41) is 19.3. The lowest BCUT2D eigenvalue weighted by atomic mass is 9.94. The van der Waals surface area contributed by atoms with Crippen molar-refractivity contribution in [3.8, 4) is 11.8 Å². The molecule has 1 aliphatic rings. The molecule has 1 aromatic heterocycles. The smallest absolute Gasteiger partial charge is 0.251 e. The van der Waals surface area contributed by atoms with Crippen LogP contribution in [0.4, 0.5) is 4.39 Å². The number of amides is 2. The maximum atomic E-state index is 14.1. The quantitative estimate of drug-likeness (QED) is 0.695. The van der Waals surface area contributed by atoms with E-state index in [9.17, 15) is 14.0 Å². The van der Waals surface area contributed by atoms with Gasteiger partial charge in [-0.25, -0.2) is 9.07 Å². The maximum absolute atomic E-state index is 14.1. The summed E-state index contributed by atoms with van der Waals surface area (Å²) in [6, 6.07) is 7.65. The van der Waals surface area contributed by atoms with E-state index in [0.29, 0.717) is 24.9 Å². The molecule has 3 N–H and O–H groups in total. The minimum Gasteiger partial charge on any atom is -0.341 e. The van der Waals surface area contributed by atoms with Crippen LogP contribution in [0.1, 0.15) is 36.0 Å². The number of carbonyl (C=O) groups is 2. The highest BCUT2D eigenvalue weighted by atomic mass is 19.1. The summed E-state index contributed by atoms with van der Waals surface area (Å²) in [5.41, 5.74) is 4.84. The van der Waals surface area contributed by atoms with E-state index in [0.717, 1.165) is 5.69 Å². The van der Waals surface area contributed by atoms with Crippen LogP contribution in [0.25, 0.3) is 5.69 Å². The van der Waals surface area contributed by atoms with Gasteiger partial charge in [0, 0.05) is 31.5 Å². The molecular weight excluding hydrogens is 389 g/mol. The van der Waals surface area contributed by atoms with Gasteiger partial charge >= 0.3 is 0 Å². The zero-order chi connectivity index (χ0) is 21.6. The summed E-state index contributed by atoms with van der Waals surface area (Å²) in [7, 11) is 0. The zero-order valence-electron chi connectivity index (χ0n) is 16.5. The molecule has 2 heterocycles. The number of nitrogens with one attached hydrogen (secondary N) is 1. The van der Waals surface area contributed by atoms with Crippen LogP contribution >= 0.6 is 0 Å². The van der Waals surface area contributed by atoms with Crippen LogP contribution in [0.15, 0.2) is 36.7 Å². The Morgan fingerprint density at radius 2 is 2.00 bits per heavy atom. The van der Waals surface area contributed by atoms with Crippen LogP contribution in [-0.4, -0.2) is 63.1 Å². The summed E-state index contributed by atoms with van der Waals surface area (Å²) < 4.78 is 15.7. The van der Waals surface area contributed by atoms with Gasteiger partial charge in [0.15, 0.2) is 5.67 Å². The lowest BCUT2D eigenvalue weighted by Gasteiger charge is -2.34. The van der Waals surface area contributed by atoms with Gasteiger partial charge in [-0.15, -0.1) is 5.10 Å². The van der Waals surface area contributed by atoms with Crippen molar-refractivity contribution in [3.05, 3.63) is 42.2 Å². The number of hydrogen-bond acceptors (Lipinski definition) is 6. The van der Waals surface area contributed by atoms with Crippen LogP contribution in [-0.2, 0) is 4.79 Å². The van der Waals surface area contributed by atoms with Gasteiger partial charge in [-0.05, 0) is 43.7 Å². The number of rotatable bonds is 7. The summed E-state index contributed by atoms with van der Waals surface area (Å²) in [6.45, 7) is 0.670.